The Morgan fingerprint density at radius 3 is 2.42 bits per heavy atom. The SMILES string of the molecule is CC(CCO)NC(=O)c1ccc(COC(C)C)cc1. The van der Waals surface area contributed by atoms with Gasteiger partial charge in [-0.25, -0.2) is 0 Å². The Bertz CT molecular complexity index is 387. The summed E-state index contributed by atoms with van der Waals surface area (Å²) in [5.41, 5.74) is 1.67. The Morgan fingerprint density at radius 1 is 1.26 bits per heavy atom. The zero-order valence-electron chi connectivity index (χ0n) is 11.8. The smallest absolute Gasteiger partial charge is 0.251 e. The average Bonchev–Trinajstić information content (AvgIpc) is 2.37. The third kappa shape index (κ3) is 5.85. The molecule has 1 aromatic rings. The molecule has 2 N–H and O–H groups in total. The number of aliphatic hydroxyl groups excluding tert-OH is 1. The van der Waals surface area contributed by atoms with Gasteiger partial charge in [-0.1, -0.05) is 12.1 Å². The maximum Gasteiger partial charge on any atom is 0.251 e. The standard InChI is InChI=1S/C15H23NO3/c1-11(2)19-10-13-4-6-14(7-5-13)15(18)16-12(3)8-9-17/h4-7,11-12,17H,8-10H2,1-3H3,(H,16,18). The molecule has 19 heavy (non-hydrogen) atoms. The minimum atomic E-state index is -0.114. The van der Waals surface area contributed by atoms with Crippen molar-refractivity contribution in [3.8, 4) is 0 Å². The molecule has 0 saturated heterocycles. The molecule has 4 nitrogen and oxygen atoms in total. The summed E-state index contributed by atoms with van der Waals surface area (Å²) in [6.07, 6.45) is 0.758. The molecule has 0 aliphatic carbocycles. The minimum Gasteiger partial charge on any atom is -0.396 e. The fourth-order valence-corrected chi connectivity index (χ4v) is 1.59. The fourth-order valence-electron chi connectivity index (χ4n) is 1.59. The van der Waals surface area contributed by atoms with E-state index in [4.69, 9.17) is 9.84 Å². The number of aliphatic hydroxyl groups is 1. The molecule has 1 aromatic carbocycles. The minimum absolute atomic E-state index is 0.0264. The average molecular weight is 265 g/mol. The number of hydrogen-bond acceptors (Lipinski definition) is 3. The number of amides is 1. The molecule has 4 heteroatoms. The van der Waals surface area contributed by atoms with Crippen LogP contribution < -0.4 is 5.32 Å². The van der Waals surface area contributed by atoms with Gasteiger partial charge in [0.2, 0.25) is 0 Å². The van der Waals surface area contributed by atoms with E-state index in [0.717, 1.165) is 5.56 Å². The van der Waals surface area contributed by atoms with Crippen molar-refractivity contribution in [1.82, 2.24) is 5.32 Å². The number of benzene rings is 1. The third-order valence-electron chi connectivity index (χ3n) is 2.74. The fraction of sp³-hybridized carbons (Fsp3) is 0.533. The Labute approximate surface area is 114 Å². The van der Waals surface area contributed by atoms with Crippen LogP contribution >= 0.6 is 0 Å². The van der Waals surface area contributed by atoms with Crippen LogP contribution in [0.2, 0.25) is 0 Å². The number of rotatable bonds is 7. The van der Waals surface area contributed by atoms with E-state index < -0.39 is 0 Å². The maximum atomic E-state index is 11.9. The van der Waals surface area contributed by atoms with Gasteiger partial charge in [-0.15, -0.1) is 0 Å². The highest BCUT2D eigenvalue weighted by Crippen LogP contribution is 2.07. The van der Waals surface area contributed by atoms with Crippen molar-refractivity contribution in [2.75, 3.05) is 6.61 Å². The first kappa shape index (κ1) is 15.7. The van der Waals surface area contributed by atoms with Gasteiger partial charge in [0.05, 0.1) is 12.7 Å². The molecular formula is C15H23NO3. The molecule has 0 aromatic heterocycles. The van der Waals surface area contributed by atoms with Gasteiger partial charge >= 0.3 is 0 Å². The molecular weight excluding hydrogens is 242 g/mol. The molecule has 0 bridgehead atoms. The van der Waals surface area contributed by atoms with E-state index in [1.54, 1.807) is 12.1 Å². The lowest BCUT2D eigenvalue weighted by Crippen LogP contribution is -2.33. The molecule has 0 spiro atoms. The molecule has 0 fully saturated rings. The predicted molar refractivity (Wildman–Crippen MR) is 75.0 cm³/mol. The lowest BCUT2D eigenvalue weighted by molar-refractivity contribution is 0.0656. The molecule has 106 valence electrons. The second-order valence-corrected chi connectivity index (χ2v) is 4.94. The number of ether oxygens (including phenoxy) is 1. The largest absolute Gasteiger partial charge is 0.396 e. The van der Waals surface area contributed by atoms with Gasteiger partial charge < -0.3 is 15.2 Å². The zero-order valence-corrected chi connectivity index (χ0v) is 11.8. The number of nitrogens with one attached hydrogen (secondary N) is 1. The van der Waals surface area contributed by atoms with Crippen LogP contribution in [0.1, 0.15) is 43.1 Å². The van der Waals surface area contributed by atoms with Gasteiger partial charge in [-0.3, -0.25) is 4.79 Å². The predicted octanol–water partition coefficient (Wildman–Crippen LogP) is 2.11. The van der Waals surface area contributed by atoms with Crippen LogP contribution in [0.3, 0.4) is 0 Å². The van der Waals surface area contributed by atoms with Crippen LogP contribution in [0, 0.1) is 0 Å². The van der Waals surface area contributed by atoms with Gasteiger partial charge in [0.25, 0.3) is 5.91 Å². The Kier molecular flexibility index (Phi) is 6.53. The summed E-state index contributed by atoms with van der Waals surface area (Å²) in [5, 5.41) is 11.6. The summed E-state index contributed by atoms with van der Waals surface area (Å²) in [6.45, 7) is 6.49. The summed E-state index contributed by atoms with van der Waals surface area (Å²) in [7, 11) is 0. The van der Waals surface area contributed by atoms with Crippen LogP contribution in [0.25, 0.3) is 0 Å². The van der Waals surface area contributed by atoms with Gasteiger partial charge in [-0.2, -0.15) is 0 Å². The van der Waals surface area contributed by atoms with Crippen molar-refractivity contribution in [1.29, 1.82) is 0 Å². The van der Waals surface area contributed by atoms with Crippen LogP contribution in [0.4, 0.5) is 0 Å². The van der Waals surface area contributed by atoms with Gasteiger partial charge in [-0.05, 0) is 44.9 Å². The zero-order chi connectivity index (χ0) is 14.3. The lowest BCUT2D eigenvalue weighted by Gasteiger charge is -2.13. The molecule has 1 atom stereocenters. The van der Waals surface area contributed by atoms with Crippen molar-refractivity contribution < 1.29 is 14.6 Å². The van der Waals surface area contributed by atoms with Gasteiger partial charge in [0, 0.05) is 18.2 Å². The third-order valence-corrected chi connectivity index (χ3v) is 2.74. The molecule has 1 amide bonds. The van der Waals surface area contributed by atoms with Crippen LogP contribution in [-0.2, 0) is 11.3 Å². The Morgan fingerprint density at radius 2 is 1.89 bits per heavy atom. The van der Waals surface area contributed by atoms with Crippen LogP contribution in [0.5, 0.6) is 0 Å². The van der Waals surface area contributed by atoms with Crippen molar-refractivity contribution in [2.45, 2.75) is 45.9 Å². The highest BCUT2D eigenvalue weighted by atomic mass is 16.5. The Hall–Kier alpha value is -1.39. The Balaban J connectivity index is 2.53. The summed E-state index contributed by atoms with van der Waals surface area (Å²) in [6, 6.07) is 7.35. The summed E-state index contributed by atoms with van der Waals surface area (Å²) < 4.78 is 5.50. The van der Waals surface area contributed by atoms with Crippen molar-refractivity contribution >= 4 is 5.91 Å². The summed E-state index contributed by atoms with van der Waals surface area (Å²) >= 11 is 0. The second kappa shape index (κ2) is 7.92. The van der Waals surface area contributed by atoms with E-state index in [2.05, 4.69) is 5.32 Å². The van der Waals surface area contributed by atoms with E-state index in [1.165, 1.54) is 0 Å². The normalized spacial score (nSPS) is 12.5. The van der Waals surface area contributed by atoms with E-state index in [9.17, 15) is 4.79 Å². The van der Waals surface area contributed by atoms with E-state index in [1.807, 2.05) is 32.9 Å². The molecule has 0 aliphatic rings. The number of carbonyl (C=O) groups excluding carboxylic acids is 1. The molecule has 0 aliphatic heterocycles. The van der Waals surface area contributed by atoms with Gasteiger partial charge in [0.15, 0.2) is 0 Å². The number of carbonyl (C=O) groups is 1. The summed E-state index contributed by atoms with van der Waals surface area (Å²) in [4.78, 5) is 11.9. The quantitative estimate of drug-likeness (QED) is 0.794. The molecule has 1 rings (SSSR count). The van der Waals surface area contributed by atoms with E-state index in [0.29, 0.717) is 18.6 Å². The molecule has 0 heterocycles. The van der Waals surface area contributed by atoms with Crippen molar-refractivity contribution in [3.63, 3.8) is 0 Å². The van der Waals surface area contributed by atoms with E-state index in [-0.39, 0.29) is 24.7 Å². The topological polar surface area (TPSA) is 58.6 Å². The molecule has 1 unspecified atom stereocenters. The van der Waals surface area contributed by atoms with Crippen LogP contribution in [-0.4, -0.2) is 29.8 Å². The van der Waals surface area contributed by atoms with Crippen LogP contribution in [0.15, 0.2) is 24.3 Å². The lowest BCUT2D eigenvalue weighted by atomic mass is 10.1. The first-order valence-corrected chi connectivity index (χ1v) is 6.65. The van der Waals surface area contributed by atoms with E-state index >= 15 is 0 Å². The maximum absolute atomic E-state index is 11.9. The summed E-state index contributed by atoms with van der Waals surface area (Å²) in [5.74, 6) is -0.114. The molecule has 0 radical (unpaired) electrons. The monoisotopic (exact) mass is 265 g/mol. The first-order valence-electron chi connectivity index (χ1n) is 6.65. The first-order chi connectivity index (χ1) is 9.02. The molecule has 0 saturated carbocycles. The van der Waals surface area contributed by atoms with Crippen molar-refractivity contribution in [3.05, 3.63) is 35.4 Å². The second-order valence-electron chi connectivity index (χ2n) is 4.94. The highest BCUT2D eigenvalue weighted by Gasteiger charge is 2.09. The van der Waals surface area contributed by atoms with Gasteiger partial charge in [0.1, 0.15) is 0 Å². The highest BCUT2D eigenvalue weighted by molar-refractivity contribution is 5.94. The number of hydrogen-bond donors (Lipinski definition) is 2. The van der Waals surface area contributed by atoms with Crippen molar-refractivity contribution in [2.24, 2.45) is 0 Å².